The molecule has 8 heteroatoms. The number of carbonyl (C=O) groups is 2. The Hall–Kier alpha value is -1.83. The zero-order chi connectivity index (χ0) is 18.8. The van der Waals surface area contributed by atoms with Crippen molar-refractivity contribution in [3.8, 4) is 5.75 Å². The van der Waals surface area contributed by atoms with Crippen molar-refractivity contribution < 1.29 is 14.3 Å². The number of amides is 3. The molecule has 0 spiro atoms. The summed E-state index contributed by atoms with van der Waals surface area (Å²) in [6.07, 6.45) is 1.61. The second kappa shape index (κ2) is 7.82. The van der Waals surface area contributed by atoms with E-state index in [4.69, 9.17) is 16.3 Å². The molecular formula is C18H13Br2ClN2O3. The highest BCUT2D eigenvalue weighted by Crippen LogP contribution is 2.36. The Morgan fingerprint density at radius 1 is 1.15 bits per heavy atom. The van der Waals surface area contributed by atoms with E-state index in [1.165, 1.54) is 7.05 Å². The van der Waals surface area contributed by atoms with Crippen LogP contribution in [0.3, 0.4) is 0 Å². The van der Waals surface area contributed by atoms with Crippen molar-refractivity contribution in [1.82, 2.24) is 10.2 Å². The average Bonchev–Trinajstić information content (AvgIpc) is 2.83. The van der Waals surface area contributed by atoms with Crippen molar-refractivity contribution >= 4 is 61.5 Å². The Bertz CT molecular complexity index is 890. The number of rotatable bonds is 4. The maximum Gasteiger partial charge on any atom is 0.328 e. The lowest BCUT2D eigenvalue weighted by Crippen LogP contribution is -2.25. The minimum absolute atomic E-state index is 0.228. The fourth-order valence-corrected chi connectivity index (χ4v) is 3.90. The molecule has 5 nitrogen and oxygen atoms in total. The number of nitrogens with zero attached hydrogens (tertiary/aromatic N) is 1. The van der Waals surface area contributed by atoms with Crippen molar-refractivity contribution in [2.75, 3.05) is 7.05 Å². The highest BCUT2D eigenvalue weighted by Gasteiger charge is 2.30. The lowest BCUT2D eigenvalue weighted by molar-refractivity contribution is -0.121. The molecule has 1 aliphatic rings. The van der Waals surface area contributed by atoms with E-state index in [0.29, 0.717) is 17.4 Å². The largest absolute Gasteiger partial charge is 0.487 e. The quantitative estimate of drug-likeness (QED) is 0.477. The third kappa shape index (κ3) is 4.11. The molecule has 0 atom stereocenters. The molecule has 3 amide bonds. The molecule has 3 rings (SSSR count). The van der Waals surface area contributed by atoms with Gasteiger partial charge >= 0.3 is 6.03 Å². The Kier molecular flexibility index (Phi) is 5.70. The van der Waals surface area contributed by atoms with Gasteiger partial charge in [0.25, 0.3) is 5.91 Å². The van der Waals surface area contributed by atoms with Crippen LogP contribution in [-0.2, 0) is 11.4 Å². The summed E-state index contributed by atoms with van der Waals surface area (Å²) in [6.45, 7) is 0.383. The van der Waals surface area contributed by atoms with Crippen LogP contribution in [0, 0.1) is 0 Å². The molecule has 2 aromatic rings. The predicted molar refractivity (Wildman–Crippen MR) is 107 cm³/mol. The molecule has 1 fully saturated rings. The van der Waals surface area contributed by atoms with Crippen LogP contribution in [0.15, 0.2) is 51.0 Å². The summed E-state index contributed by atoms with van der Waals surface area (Å²) in [6, 6.07) is 10.6. The molecule has 0 unspecified atom stereocenters. The number of likely N-dealkylation sites (N-methyl/N-ethyl adjacent to an activating group) is 1. The van der Waals surface area contributed by atoms with Gasteiger partial charge in [0.15, 0.2) is 0 Å². The molecule has 1 N–H and O–H groups in total. The molecule has 134 valence electrons. The van der Waals surface area contributed by atoms with Gasteiger partial charge in [-0.1, -0.05) is 23.7 Å². The molecular weight excluding hydrogens is 487 g/mol. The van der Waals surface area contributed by atoms with Gasteiger partial charge < -0.3 is 10.1 Å². The van der Waals surface area contributed by atoms with Gasteiger partial charge in [-0.3, -0.25) is 9.69 Å². The first-order valence-corrected chi connectivity index (χ1v) is 9.48. The van der Waals surface area contributed by atoms with Crippen molar-refractivity contribution in [2.45, 2.75) is 6.61 Å². The van der Waals surface area contributed by atoms with E-state index in [-0.39, 0.29) is 11.6 Å². The standard InChI is InChI=1S/C18H13Br2ClN2O3/c1-23-17(24)15(22-18(23)25)8-11-6-13(19)16(14(20)7-11)26-9-10-2-4-12(21)5-3-10/h2-8H,9H2,1H3,(H,22,25)/b15-8+. The van der Waals surface area contributed by atoms with Gasteiger partial charge in [0, 0.05) is 12.1 Å². The summed E-state index contributed by atoms with van der Waals surface area (Å²) in [5.41, 5.74) is 1.95. The van der Waals surface area contributed by atoms with Gasteiger partial charge in [-0.05, 0) is 73.3 Å². The summed E-state index contributed by atoms with van der Waals surface area (Å²) in [7, 11) is 1.43. The van der Waals surface area contributed by atoms with Gasteiger partial charge in [0.05, 0.1) is 8.95 Å². The van der Waals surface area contributed by atoms with Crippen molar-refractivity contribution in [3.63, 3.8) is 0 Å². The van der Waals surface area contributed by atoms with Gasteiger partial charge in [-0.25, -0.2) is 4.79 Å². The number of nitrogens with one attached hydrogen (secondary N) is 1. The molecule has 1 heterocycles. The predicted octanol–water partition coefficient (Wildman–Crippen LogP) is 4.97. The van der Waals surface area contributed by atoms with Crippen LogP contribution >= 0.6 is 43.5 Å². The fourth-order valence-electron chi connectivity index (χ4n) is 2.33. The number of carbonyl (C=O) groups excluding carboxylic acids is 2. The second-order valence-corrected chi connectivity index (χ2v) is 7.73. The van der Waals surface area contributed by atoms with E-state index in [0.717, 1.165) is 25.0 Å². The third-order valence-electron chi connectivity index (χ3n) is 3.71. The Morgan fingerprint density at radius 3 is 2.31 bits per heavy atom. The minimum atomic E-state index is -0.442. The van der Waals surface area contributed by atoms with Gasteiger partial charge in [0.2, 0.25) is 0 Å². The van der Waals surface area contributed by atoms with Gasteiger partial charge in [0.1, 0.15) is 18.1 Å². The number of ether oxygens (including phenoxy) is 1. The Balaban J connectivity index is 1.79. The molecule has 0 aromatic heterocycles. The monoisotopic (exact) mass is 498 g/mol. The number of urea groups is 1. The average molecular weight is 501 g/mol. The lowest BCUT2D eigenvalue weighted by Gasteiger charge is -2.12. The fraction of sp³-hybridized carbons (Fsp3) is 0.111. The summed E-state index contributed by atoms with van der Waals surface area (Å²) < 4.78 is 7.31. The number of halogens is 3. The summed E-state index contributed by atoms with van der Waals surface area (Å²) in [5.74, 6) is 0.270. The number of hydrogen-bond donors (Lipinski definition) is 1. The van der Waals surface area contributed by atoms with Gasteiger partial charge in [-0.15, -0.1) is 0 Å². The van der Waals surface area contributed by atoms with Crippen molar-refractivity contribution in [1.29, 1.82) is 0 Å². The van der Waals surface area contributed by atoms with E-state index in [1.807, 2.05) is 36.4 Å². The Morgan fingerprint density at radius 2 is 1.77 bits per heavy atom. The highest BCUT2D eigenvalue weighted by molar-refractivity contribution is 9.11. The maximum absolute atomic E-state index is 12.0. The summed E-state index contributed by atoms with van der Waals surface area (Å²) in [4.78, 5) is 24.5. The van der Waals surface area contributed by atoms with Crippen LogP contribution in [-0.4, -0.2) is 23.9 Å². The normalized spacial score (nSPS) is 15.5. The molecule has 0 saturated carbocycles. The van der Waals surface area contributed by atoms with E-state index >= 15 is 0 Å². The molecule has 1 aliphatic heterocycles. The van der Waals surface area contributed by atoms with E-state index < -0.39 is 6.03 Å². The number of benzene rings is 2. The van der Waals surface area contributed by atoms with E-state index in [2.05, 4.69) is 37.2 Å². The van der Waals surface area contributed by atoms with Crippen molar-refractivity contribution in [3.05, 3.63) is 67.2 Å². The number of imide groups is 1. The van der Waals surface area contributed by atoms with Crippen LogP contribution in [0.2, 0.25) is 5.02 Å². The Labute approximate surface area is 172 Å². The lowest BCUT2D eigenvalue weighted by atomic mass is 10.2. The third-order valence-corrected chi connectivity index (χ3v) is 5.14. The van der Waals surface area contributed by atoms with Crippen LogP contribution in [0.1, 0.15) is 11.1 Å². The molecule has 0 aliphatic carbocycles. The highest BCUT2D eigenvalue weighted by atomic mass is 79.9. The van der Waals surface area contributed by atoms with E-state index in [1.54, 1.807) is 6.08 Å². The molecule has 1 saturated heterocycles. The topological polar surface area (TPSA) is 58.6 Å². The first kappa shape index (κ1) is 18.9. The van der Waals surface area contributed by atoms with Crippen LogP contribution < -0.4 is 10.1 Å². The molecule has 0 bridgehead atoms. The van der Waals surface area contributed by atoms with Crippen LogP contribution in [0.25, 0.3) is 6.08 Å². The summed E-state index contributed by atoms with van der Waals surface area (Å²) >= 11 is 12.8. The van der Waals surface area contributed by atoms with Crippen molar-refractivity contribution in [2.24, 2.45) is 0 Å². The zero-order valence-electron chi connectivity index (χ0n) is 13.6. The molecule has 26 heavy (non-hydrogen) atoms. The second-order valence-electron chi connectivity index (χ2n) is 5.58. The summed E-state index contributed by atoms with van der Waals surface area (Å²) in [5, 5.41) is 3.21. The van der Waals surface area contributed by atoms with Gasteiger partial charge in [-0.2, -0.15) is 0 Å². The van der Waals surface area contributed by atoms with Crippen LogP contribution in [0.5, 0.6) is 5.75 Å². The molecule has 2 aromatic carbocycles. The maximum atomic E-state index is 12.0. The van der Waals surface area contributed by atoms with Crippen LogP contribution in [0.4, 0.5) is 4.79 Å². The minimum Gasteiger partial charge on any atom is -0.487 e. The SMILES string of the molecule is CN1C(=O)N/C(=C/c2cc(Br)c(OCc3ccc(Cl)cc3)c(Br)c2)C1=O. The number of hydrogen-bond acceptors (Lipinski definition) is 3. The van der Waals surface area contributed by atoms with E-state index in [9.17, 15) is 9.59 Å². The molecule has 0 radical (unpaired) electrons. The first-order valence-electron chi connectivity index (χ1n) is 7.52. The zero-order valence-corrected chi connectivity index (χ0v) is 17.5. The smallest absolute Gasteiger partial charge is 0.328 e. The first-order chi connectivity index (χ1) is 12.3.